The first-order chi connectivity index (χ1) is 11.6. The van der Waals surface area contributed by atoms with Gasteiger partial charge in [0.25, 0.3) is 11.5 Å². The number of nitrogens with zero attached hydrogens (tertiary/aromatic N) is 4. The number of hydrogen-bond acceptors (Lipinski definition) is 6. The highest BCUT2D eigenvalue weighted by Crippen LogP contribution is 2.19. The number of aryl methyl sites for hydroxylation is 1. The van der Waals surface area contributed by atoms with Crippen LogP contribution in [0, 0.1) is 0 Å². The first kappa shape index (κ1) is 16.0. The average molecular weight is 330 g/mol. The molecule has 1 atom stereocenters. The minimum Gasteiger partial charge on any atom is -0.480 e. The molecule has 2 aromatic rings. The van der Waals surface area contributed by atoms with Crippen molar-refractivity contribution in [2.75, 3.05) is 20.2 Å². The lowest BCUT2D eigenvalue weighted by molar-refractivity contribution is 0.0768. The quantitative estimate of drug-likeness (QED) is 0.810. The third-order valence-corrected chi connectivity index (χ3v) is 3.87. The van der Waals surface area contributed by atoms with E-state index in [0.29, 0.717) is 31.3 Å². The lowest BCUT2D eigenvalue weighted by atomic mass is 10.2. The van der Waals surface area contributed by atoms with Gasteiger partial charge in [-0.2, -0.15) is 4.98 Å². The largest absolute Gasteiger partial charge is 0.480 e. The summed E-state index contributed by atoms with van der Waals surface area (Å²) in [5.74, 6) is 0.439. The van der Waals surface area contributed by atoms with E-state index in [2.05, 4.69) is 9.97 Å². The molecule has 1 fully saturated rings. The Labute approximate surface area is 138 Å². The van der Waals surface area contributed by atoms with Gasteiger partial charge in [-0.1, -0.05) is 0 Å². The Morgan fingerprint density at radius 2 is 2.12 bits per heavy atom. The predicted molar refractivity (Wildman–Crippen MR) is 85.2 cm³/mol. The van der Waals surface area contributed by atoms with Crippen LogP contribution in [0.15, 0.2) is 35.5 Å². The summed E-state index contributed by atoms with van der Waals surface area (Å²) >= 11 is 0. The monoisotopic (exact) mass is 330 g/mol. The molecule has 126 valence electrons. The molecule has 0 radical (unpaired) electrons. The Balaban J connectivity index is 1.67. The molecule has 0 saturated carbocycles. The SMILES string of the molecule is COc1cncc(O[C@H]2CCN(C(=O)c3cccn(C)c3=O)C2)n1. The van der Waals surface area contributed by atoms with Crippen molar-refractivity contribution in [1.82, 2.24) is 19.4 Å². The topological polar surface area (TPSA) is 86.5 Å². The Morgan fingerprint density at radius 1 is 1.33 bits per heavy atom. The van der Waals surface area contributed by atoms with Gasteiger partial charge in [-0.05, 0) is 12.1 Å². The highest BCUT2D eigenvalue weighted by Gasteiger charge is 2.29. The van der Waals surface area contributed by atoms with Gasteiger partial charge >= 0.3 is 0 Å². The Morgan fingerprint density at radius 3 is 2.92 bits per heavy atom. The van der Waals surface area contributed by atoms with E-state index in [-0.39, 0.29) is 23.1 Å². The van der Waals surface area contributed by atoms with Crippen molar-refractivity contribution < 1.29 is 14.3 Å². The maximum Gasteiger partial charge on any atom is 0.263 e. The van der Waals surface area contributed by atoms with Crippen LogP contribution in [0.2, 0.25) is 0 Å². The van der Waals surface area contributed by atoms with Crippen molar-refractivity contribution in [2.24, 2.45) is 7.05 Å². The number of aromatic nitrogens is 3. The van der Waals surface area contributed by atoms with E-state index in [1.807, 2.05) is 0 Å². The van der Waals surface area contributed by atoms with Crippen LogP contribution in [0.25, 0.3) is 0 Å². The van der Waals surface area contributed by atoms with Crippen molar-refractivity contribution in [3.8, 4) is 11.8 Å². The second-order valence-electron chi connectivity index (χ2n) is 5.52. The molecule has 1 saturated heterocycles. The fraction of sp³-hybridized carbons (Fsp3) is 0.375. The number of methoxy groups -OCH3 is 1. The molecule has 0 aliphatic carbocycles. The molecule has 2 aromatic heterocycles. The van der Waals surface area contributed by atoms with E-state index in [4.69, 9.17) is 9.47 Å². The van der Waals surface area contributed by atoms with Gasteiger partial charge in [0, 0.05) is 26.2 Å². The van der Waals surface area contributed by atoms with E-state index in [1.165, 1.54) is 24.1 Å². The summed E-state index contributed by atoms with van der Waals surface area (Å²) in [5.41, 5.74) is -0.132. The summed E-state index contributed by atoms with van der Waals surface area (Å²) in [6.07, 6.45) is 5.08. The number of carbonyl (C=O) groups is 1. The standard InChI is InChI=1S/C16H18N4O4/c1-19-6-3-4-12(15(19)21)16(22)20-7-5-11(10-20)24-14-9-17-8-13(18-14)23-2/h3-4,6,8-9,11H,5,7,10H2,1-2H3/t11-/m0/s1. The average Bonchev–Trinajstić information content (AvgIpc) is 3.05. The zero-order valence-corrected chi connectivity index (χ0v) is 13.5. The number of hydrogen-bond donors (Lipinski definition) is 0. The summed E-state index contributed by atoms with van der Waals surface area (Å²) in [5, 5.41) is 0. The number of rotatable bonds is 4. The lowest BCUT2D eigenvalue weighted by Gasteiger charge is -2.17. The molecule has 0 bridgehead atoms. The van der Waals surface area contributed by atoms with Gasteiger partial charge in [-0.3, -0.25) is 14.6 Å². The fourth-order valence-corrected chi connectivity index (χ4v) is 2.60. The molecule has 24 heavy (non-hydrogen) atoms. The molecule has 8 nitrogen and oxygen atoms in total. The van der Waals surface area contributed by atoms with E-state index in [1.54, 1.807) is 30.3 Å². The number of ether oxygens (including phenoxy) is 2. The van der Waals surface area contributed by atoms with Crippen molar-refractivity contribution in [3.63, 3.8) is 0 Å². The van der Waals surface area contributed by atoms with Crippen LogP contribution in [-0.4, -0.2) is 51.6 Å². The number of amides is 1. The Kier molecular flexibility index (Phi) is 4.45. The van der Waals surface area contributed by atoms with Gasteiger partial charge in [-0.15, -0.1) is 0 Å². The summed E-state index contributed by atoms with van der Waals surface area (Å²) in [6.45, 7) is 0.925. The number of likely N-dealkylation sites (tertiary alicyclic amines) is 1. The summed E-state index contributed by atoms with van der Waals surface area (Å²) in [7, 11) is 3.13. The maximum absolute atomic E-state index is 12.5. The van der Waals surface area contributed by atoms with Crippen LogP contribution in [0.4, 0.5) is 0 Å². The highest BCUT2D eigenvalue weighted by molar-refractivity contribution is 5.94. The Hall–Kier alpha value is -2.90. The van der Waals surface area contributed by atoms with Crippen LogP contribution in [0.1, 0.15) is 16.8 Å². The number of pyridine rings is 1. The molecule has 0 spiro atoms. The summed E-state index contributed by atoms with van der Waals surface area (Å²) < 4.78 is 12.2. The molecule has 1 aliphatic heterocycles. The van der Waals surface area contributed by atoms with E-state index < -0.39 is 0 Å². The van der Waals surface area contributed by atoms with Crippen LogP contribution >= 0.6 is 0 Å². The molecule has 3 rings (SSSR count). The lowest BCUT2D eigenvalue weighted by Crippen LogP contribution is -2.35. The van der Waals surface area contributed by atoms with Crippen molar-refractivity contribution in [2.45, 2.75) is 12.5 Å². The third kappa shape index (κ3) is 3.22. The van der Waals surface area contributed by atoms with E-state index in [9.17, 15) is 9.59 Å². The normalized spacial score (nSPS) is 16.9. The summed E-state index contributed by atoms with van der Waals surface area (Å²) in [4.78, 5) is 34.3. The van der Waals surface area contributed by atoms with Gasteiger partial charge in [0.05, 0.1) is 26.0 Å². The minimum absolute atomic E-state index is 0.168. The van der Waals surface area contributed by atoms with Gasteiger partial charge in [0.15, 0.2) is 0 Å². The van der Waals surface area contributed by atoms with Crippen LogP contribution in [0.5, 0.6) is 11.8 Å². The molecule has 0 N–H and O–H groups in total. The molecular weight excluding hydrogens is 312 g/mol. The van der Waals surface area contributed by atoms with Gasteiger partial charge < -0.3 is 18.9 Å². The Bertz CT molecular complexity index is 805. The smallest absolute Gasteiger partial charge is 0.263 e. The van der Waals surface area contributed by atoms with Gasteiger partial charge in [0.1, 0.15) is 11.7 Å². The van der Waals surface area contributed by atoms with Crippen LogP contribution < -0.4 is 15.0 Å². The molecule has 8 heteroatoms. The first-order valence-electron chi connectivity index (χ1n) is 7.56. The predicted octanol–water partition coefficient (Wildman–Crippen LogP) is 0.477. The zero-order chi connectivity index (χ0) is 17.1. The highest BCUT2D eigenvalue weighted by atomic mass is 16.5. The molecule has 0 unspecified atom stereocenters. The van der Waals surface area contributed by atoms with Crippen molar-refractivity contribution >= 4 is 5.91 Å². The fourth-order valence-electron chi connectivity index (χ4n) is 2.60. The van der Waals surface area contributed by atoms with Crippen molar-refractivity contribution in [1.29, 1.82) is 0 Å². The molecule has 3 heterocycles. The van der Waals surface area contributed by atoms with Crippen molar-refractivity contribution in [3.05, 3.63) is 46.6 Å². The van der Waals surface area contributed by atoms with Crippen LogP contribution in [-0.2, 0) is 7.05 Å². The first-order valence-corrected chi connectivity index (χ1v) is 7.56. The van der Waals surface area contributed by atoms with E-state index >= 15 is 0 Å². The molecule has 1 amide bonds. The van der Waals surface area contributed by atoms with E-state index in [0.717, 1.165) is 0 Å². The minimum atomic E-state index is -0.300. The second-order valence-corrected chi connectivity index (χ2v) is 5.52. The van der Waals surface area contributed by atoms with Crippen LogP contribution in [0.3, 0.4) is 0 Å². The van der Waals surface area contributed by atoms with Gasteiger partial charge in [-0.25, -0.2) is 0 Å². The number of carbonyl (C=O) groups excluding carboxylic acids is 1. The molecular formula is C16H18N4O4. The maximum atomic E-state index is 12.5. The third-order valence-electron chi connectivity index (χ3n) is 3.87. The van der Waals surface area contributed by atoms with Gasteiger partial charge in [0.2, 0.25) is 11.8 Å². The second kappa shape index (κ2) is 6.69. The molecule has 0 aromatic carbocycles. The zero-order valence-electron chi connectivity index (χ0n) is 13.5. The molecule has 1 aliphatic rings. The summed E-state index contributed by atoms with van der Waals surface area (Å²) in [6, 6.07) is 3.23.